The molecule has 7 nitrogen and oxygen atoms in total. The number of nitrogens with two attached hydrogens (primary N) is 1. The van der Waals surface area contributed by atoms with Gasteiger partial charge < -0.3 is 15.2 Å². The SMILES string of the molecule is C=C=C(CN(CCC1(C)CC1)C(=C)c1cc2ccccc2[nH]1)NC(CC1CCN1ONN)C(=C)Cc1ccccc1. The maximum Gasteiger partial charge on any atom is 0.0734 e. The third-order valence-electron chi connectivity index (χ3n) is 8.76. The van der Waals surface area contributed by atoms with Crippen LogP contribution in [0.1, 0.15) is 50.3 Å². The lowest BCUT2D eigenvalue weighted by atomic mass is 9.91. The highest BCUT2D eigenvalue weighted by Gasteiger charge is 2.37. The third-order valence-corrected chi connectivity index (χ3v) is 8.76. The van der Waals surface area contributed by atoms with E-state index in [1.807, 2.05) is 11.1 Å². The number of H-pyrrole nitrogens is 1. The number of aromatic amines is 1. The van der Waals surface area contributed by atoms with Crippen LogP contribution in [0, 0.1) is 5.41 Å². The van der Waals surface area contributed by atoms with Crippen LogP contribution in [0.4, 0.5) is 0 Å². The molecule has 1 aliphatic carbocycles. The summed E-state index contributed by atoms with van der Waals surface area (Å²) in [5, 5.41) is 6.86. The molecule has 0 bridgehead atoms. The van der Waals surface area contributed by atoms with Crippen molar-refractivity contribution in [1.29, 1.82) is 0 Å². The second-order valence-electron chi connectivity index (χ2n) is 11.9. The zero-order chi connectivity index (χ0) is 28.8. The Hall–Kier alpha value is -3.58. The van der Waals surface area contributed by atoms with Crippen LogP contribution in [0.15, 0.2) is 97.4 Å². The van der Waals surface area contributed by atoms with Crippen molar-refractivity contribution in [1.82, 2.24) is 25.9 Å². The zero-order valence-corrected chi connectivity index (χ0v) is 24.3. The molecule has 1 saturated heterocycles. The monoisotopic (exact) mass is 552 g/mol. The van der Waals surface area contributed by atoms with Gasteiger partial charge in [-0.1, -0.05) is 80.8 Å². The Kier molecular flexibility index (Phi) is 9.13. The first-order valence-electron chi connectivity index (χ1n) is 14.7. The molecule has 2 aromatic carbocycles. The fourth-order valence-electron chi connectivity index (χ4n) is 5.55. The molecule has 7 heteroatoms. The molecule has 2 unspecified atom stereocenters. The summed E-state index contributed by atoms with van der Waals surface area (Å²) >= 11 is 0. The predicted octanol–water partition coefficient (Wildman–Crippen LogP) is 5.83. The number of fused-ring (bicyclic) bond motifs is 1. The zero-order valence-electron chi connectivity index (χ0n) is 24.3. The number of hydrogen-bond acceptors (Lipinski definition) is 6. The summed E-state index contributed by atoms with van der Waals surface area (Å²) in [5.41, 5.74) is 12.4. The smallest absolute Gasteiger partial charge is 0.0734 e. The fraction of sp³-hybridized carbons (Fsp3) is 0.382. The van der Waals surface area contributed by atoms with E-state index in [0.29, 0.717) is 12.0 Å². The number of nitrogens with one attached hydrogen (secondary N) is 3. The summed E-state index contributed by atoms with van der Waals surface area (Å²) in [6.45, 7) is 17.9. The second-order valence-corrected chi connectivity index (χ2v) is 11.9. The van der Waals surface area contributed by atoms with Crippen LogP contribution in [-0.4, -0.2) is 46.7 Å². The van der Waals surface area contributed by atoms with Gasteiger partial charge in [-0.3, -0.25) is 0 Å². The average molecular weight is 553 g/mol. The molecule has 0 amide bonds. The van der Waals surface area contributed by atoms with Gasteiger partial charge in [0.05, 0.1) is 23.6 Å². The lowest BCUT2D eigenvalue weighted by Gasteiger charge is -2.41. The topological polar surface area (TPSA) is 81.6 Å². The minimum Gasteiger partial charge on any atom is -0.374 e. The standard InChI is InChI=1S/C34H44N6O/c1-5-29(36-32(23-30-15-19-40(30)41-38-35)25(2)21-27-11-7-6-8-12-27)24-39(20-18-34(4)16-17-34)26(3)33-22-28-13-9-10-14-31(28)37-33/h6-14,22,30,32,36-38H,1-3,15-21,23-24,35H2,4H3. The Morgan fingerprint density at radius 1 is 1.20 bits per heavy atom. The molecule has 0 radical (unpaired) electrons. The lowest BCUT2D eigenvalue weighted by molar-refractivity contribution is -0.274. The average Bonchev–Trinajstić information content (AvgIpc) is 3.55. The van der Waals surface area contributed by atoms with E-state index < -0.39 is 0 Å². The molecule has 5 N–H and O–H groups in total. The van der Waals surface area contributed by atoms with Crippen LogP contribution in [0.25, 0.3) is 16.6 Å². The van der Waals surface area contributed by atoms with Crippen LogP contribution < -0.4 is 16.7 Å². The molecule has 0 spiro atoms. The molecule has 1 saturated carbocycles. The molecule has 2 heterocycles. The summed E-state index contributed by atoms with van der Waals surface area (Å²) in [6, 6.07) is 21.3. The van der Waals surface area contributed by atoms with Crippen molar-refractivity contribution in [3.8, 4) is 0 Å². The Morgan fingerprint density at radius 2 is 1.95 bits per heavy atom. The molecule has 2 atom stereocenters. The molecule has 1 aromatic heterocycles. The van der Waals surface area contributed by atoms with E-state index >= 15 is 0 Å². The van der Waals surface area contributed by atoms with Crippen LogP contribution in [0.3, 0.4) is 0 Å². The third kappa shape index (κ3) is 7.39. The number of para-hydroxylation sites is 1. The summed E-state index contributed by atoms with van der Waals surface area (Å²) in [7, 11) is 0. The number of hydrazine groups is 1. The van der Waals surface area contributed by atoms with Gasteiger partial charge in [0.1, 0.15) is 0 Å². The minimum absolute atomic E-state index is 0.0118. The Labute approximate surface area is 244 Å². The van der Waals surface area contributed by atoms with E-state index in [1.54, 1.807) is 0 Å². The van der Waals surface area contributed by atoms with Gasteiger partial charge in [-0.05, 0) is 61.6 Å². The van der Waals surface area contributed by atoms with E-state index in [4.69, 9.17) is 10.8 Å². The van der Waals surface area contributed by atoms with Crippen molar-refractivity contribution in [3.05, 3.63) is 109 Å². The van der Waals surface area contributed by atoms with Crippen molar-refractivity contribution in [2.24, 2.45) is 11.3 Å². The van der Waals surface area contributed by atoms with Gasteiger partial charge in [0.25, 0.3) is 0 Å². The van der Waals surface area contributed by atoms with Crippen molar-refractivity contribution in [3.63, 3.8) is 0 Å². The molecule has 216 valence electrons. The Morgan fingerprint density at radius 3 is 2.61 bits per heavy atom. The van der Waals surface area contributed by atoms with Crippen LogP contribution in [-0.2, 0) is 11.4 Å². The number of hydrogen-bond donors (Lipinski definition) is 4. The van der Waals surface area contributed by atoms with Crippen molar-refractivity contribution in [2.75, 3.05) is 19.6 Å². The summed E-state index contributed by atoms with van der Waals surface area (Å²) in [5.74, 6) is 5.43. The van der Waals surface area contributed by atoms with Crippen molar-refractivity contribution in [2.45, 2.75) is 57.5 Å². The Bertz CT molecular complexity index is 1370. The number of rotatable bonds is 16. The maximum atomic E-state index is 5.43. The molecule has 1 aliphatic heterocycles. The van der Waals surface area contributed by atoms with Gasteiger partial charge in [-0.15, -0.1) is 11.3 Å². The predicted molar refractivity (Wildman–Crippen MR) is 168 cm³/mol. The second kappa shape index (κ2) is 12.9. The maximum absolute atomic E-state index is 5.43. The van der Waals surface area contributed by atoms with Gasteiger partial charge in [0, 0.05) is 36.1 Å². The van der Waals surface area contributed by atoms with Crippen LogP contribution in [0.5, 0.6) is 0 Å². The lowest BCUT2D eigenvalue weighted by Crippen LogP contribution is -2.53. The molecule has 2 fully saturated rings. The van der Waals surface area contributed by atoms with Crippen molar-refractivity contribution < 1.29 is 4.94 Å². The first kappa shape index (κ1) is 28.9. The highest BCUT2D eigenvalue weighted by Crippen LogP contribution is 2.48. The van der Waals surface area contributed by atoms with Crippen LogP contribution in [0.2, 0.25) is 0 Å². The molecule has 41 heavy (non-hydrogen) atoms. The quantitative estimate of drug-likeness (QED) is 0.0775. The van der Waals surface area contributed by atoms with E-state index in [2.05, 4.69) is 108 Å². The number of nitrogens with zero attached hydrogens (tertiary/aromatic N) is 2. The Balaban J connectivity index is 1.33. The van der Waals surface area contributed by atoms with Crippen molar-refractivity contribution >= 4 is 16.6 Å². The first-order valence-corrected chi connectivity index (χ1v) is 14.7. The van der Waals surface area contributed by atoms with E-state index in [0.717, 1.165) is 67.0 Å². The van der Waals surface area contributed by atoms with Gasteiger partial charge in [0.15, 0.2) is 0 Å². The highest BCUT2D eigenvalue weighted by atomic mass is 16.8. The molecular weight excluding hydrogens is 508 g/mol. The van der Waals surface area contributed by atoms with E-state index in [1.165, 1.54) is 23.8 Å². The number of benzene rings is 2. The normalized spacial score (nSPS) is 18.2. The van der Waals surface area contributed by atoms with Gasteiger partial charge in [0.2, 0.25) is 0 Å². The summed E-state index contributed by atoms with van der Waals surface area (Å²) in [6.07, 6.45) is 6.37. The highest BCUT2D eigenvalue weighted by molar-refractivity contribution is 5.84. The first-order chi connectivity index (χ1) is 19.9. The molecular formula is C34H44N6O. The van der Waals surface area contributed by atoms with E-state index in [9.17, 15) is 0 Å². The number of aromatic nitrogens is 1. The van der Waals surface area contributed by atoms with Crippen LogP contribution >= 0.6 is 0 Å². The summed E-state index contributed by atoms with van der Waals surface area (Å²) < 4.78 is 0. The fourth-order valence-corrected chi connectivity index (χ4v) is 5.55. The number of hydroxylamine groups is 2. The van der Waals surface area contributed by atoms with Gasteiger partial charge >= 0.3 is 0 Å². The minimum atomic E-state index is 0.0118. The van der Waals surface area contributed by atoms with Gasteiger partial charge in [-0.2, -0.15) is 10.0 Å². The molecule has 3 aromatic rings. The summed E-state index contributed by atoms with van der Waals surface area (Å²) in [4.78, 5) is 11.3. The van der Waals surface area contributed by atoms with Gasteiger partial charge in [-0.25, -0.2) is 5.84 Å². The molecule has 5 rings (SSSR count). The molecule has 2 aliphatic rings. The van der Waals surface area contributed by atoms with E-state index in [-0.39, 0.29) is 12.1 Å². The largest absolute Gasteiger partial charge is 0.374 e.